The summed E-state index contributed by atoms with van der Waals surface area (Å²) in [6, 6.07) is 18.9. The Morgan fingerprint density at radius 2 is 1.71 bits per heavy atom. The van der Waals surface area contributed by atoms with Crippen LogP contribution in [0.15, 0.2) is 59.0 Å². The number of furan rings is 1. The molecule has 0 saturated heterocycles. The van der Waals surface area contributed by atoms with Crippen molar-refractivity contribution in [1.82, 2.24) is 5.32 Å². The summed E-state index contributed by atoms with van der Waals surface area (Å²) in [4.78, 5) is 0. The summed E-state index contributed by atoms with van der Waals surface area (Å²) in [7, 11) is 0. The fourth-order valence-electron chi connectivity index (χ4n) is 2.79. The number of benzene rings is 2. The van der Waals surface area contributed by atoms with Crippen molar-refractivity contribution in [1.29, 1.82) is 0 Å². The average molecular weight is 279 g/mol. The van der Waals surface area contributed by atoms with Gasteiger partial charge in [0, 0.05) is 17.5 Å². The Hall–Kier alpha value is -2.06. The van der Waals surface area contributed by atoms with E-state index in [1.807, 2.05) is 18.2 Å². The van der Waals surface area contributed by atoms with Gasteiger partial charge in [-0.05, 0) is 25.0 Å². The summed E-state index contributed by atoms with van der Waals surface area (Å²) in [5.74, 6) is 1.06. The third-order valence-electron chi connectivity index (χ3n) is 3.93. The van der Waals surface area contributed by atoms with E-state index in [9.17, 15) is 0 Å². The molecular formula is C19H21NO. The molecule has 0 fully saturated rings. The van der Waals surface area contributed by atoms with Crippen molar-refractivity contribution in [2.24, 2.45) is 0 Å². The quantitative estimate of drug-likeness (QED) is 0.722. The van der Waals surface area contributed by atoms with Gasteiger partial charge in [0.1, 0.15) is 11.3 Å². The normalized spacial score (nSPS) is 12.7. The molecule has 1 aromatic heterocycles. The largest absolute Gasteiger partial charge is 0.459 e. The number of fused-ring (bicyclic) bond motifs is 1. The standard InChI is InChI=1S/C19H21NO/c1-3-16-17-11-7-8-12-18(17)21-19(16)14(2)20-13-15-9-5-4-6-10-15/h4-12,14,20H,3,13H2,1-2H3. The van der Waals surface area contributed by atoms with Crippen LogP contribution in [0.4, 0.5) is 0 Å². The van der Waals surface area contributed by atoms with Gasteiger partial charge in [-0.15, -0.1) is 0 Å². The van der Waals surface area contributed by atoms with Crippen molar-refractivity contribution in [2.75, 3.05) is 0 Å². The Morgan fingerprint density at radius 3 is 2.48 bits per heavy atom. The van der Waals surface area contributed by atoms with E-state index in [0.717, 1.165) is 24.3 Å². The minimum Gasteiger partial charge on any atom is -0.459 e. The van der Waals surface area contributed by atoms with E-state index in [1.54, 1.807) is 0 Å². The summed E-state index contributed by atoms with van der Waals surface area (Å²) < 4.78 is 6.08. The van der Waals surface area contributed by atoms with Crippen LogP contribution in [0.2, 0.25) is 0 Å². The summed E-state index contributed by atoms with van der Waals surface area (Å²) in [5.41, 5.74) is 3.59. The molecule has 0 saturated carbocycles. The molecule has 0 bridgehead atoms. The first kappa shape index (κ1) is 13.9. The number of aryl methyl sites for hydroxylation is 1. The van der Waals surface area contributed by atoms with E-state index >= 15 is 0 Å². The Balaban J connectivity index is 1.82. The summed E-state index contributed by atoms with van der Waals surface area (Å²) in [6.07, 6.45) is 0.990. The number of para-hydroxylation sites is 1. The molecule has 1 unspecified atom stereocenters. The highest BCUT2D eigenvalue weighted by molar-refractivity contribution is 5.82. The second-order valence-electron chi connectivity index (χ2n) is 5.38. The van der Waals surface area contributed by atoms with Gasteiger partial charge < -0.3 is 9.73 Å². The molecule has 2 heteroatoms. The third kappa shape index (κ3) is 2.86. The molecule has 108 valence electrons. The molecule has 2 nitrogen and oxygen atoms in total. The van der Waals surface area contributed by atoms with Crippen LogP contribution < -0.4 is 5.32 Å². The highest BCUT2D eigenvalue weighted by Gasteiger charge is 2.17. The SMILES string of the molecule is CCc1c(C(C)NCc2ccccc2)oc2ccccc12. The van der Waals surface area contributed by atoms with E-state index in [1.165, 1.54) is 16.5 Å². The van der Waals surface area contributed by atoms with Gasteiger partial charge in [-0.1, -0.05) is 55.5 Å². The van der Waals surface area contributed by atoms with E-state index < -0.39 is 0 Å². The maximum atomic E-state index is 6.08. The maximum absolute atomic E-state index is 6.08. The lowest BCUT2D eigenvalue weighted by atomic mass is 10.0. The molecular weight excluding hydrogens is 258 g/mol. The molecule has 0 aliphatic heterocycles. The van der Waals surface area contributed by atoms with Crippen LogP contribution in [0.25, 0.3) is 11.0 Å². The predicted octanol–water partition coefficient (Wildman–Crippen LogP) is 4.85. The van der Waals surface area contributed by atoms with Crippen molar-refractivity contribution in [3.05, 3.63) is 71.5 Å². The molecule has 2 aromatic carbocycles. The predicted molar refractivity (Wildman–Crippen MR) is 87.3 cm³/mol. The van der Waals surface area contributed by atoms with E-state index in [4.69, 9.17) is 4.42 Å². The molecule has 0 aliphatic rings. The number of hydrogen-bond donors (Lipinski definition) is 1. The van der Waals surface area contributed by atoms with Crippen molar-refractivity contribution in [3.63, 3.8) is 0 Å². The van der Waals surface area contributed by atoms with Crippen LogP contribution in [0.3, 0.4) is 0 Å². The minimum atomic E-state index is 0.201. The molecule has 1 heterocycles. The zero-order valence-corrected chi connectivity index (χ0v) is 12.6. The lowest BCUT2D eigenvalue weighted by Crippen LogP contribution is -2.18. The first-order valence-electron chi connectivity index (χ1n) is 7.57. The van der Waals surface area contributed by atoms with Gasteiger partial charge in [-0.3, -0.25) is 0 Å². The molecule has 0 spiro atoms. The van der Waals surface area contributed by atoms with E-state index in [-0.39, 0.29) is 6.04 Å². The fourth-order valence-corrected chi connectivity index (χ4v) is 2.79. The first-order chi connectivity index (χ1) is 10.3. The van der Waals surface area contributed by atoms with Crippen LogP contribution in [-0.2, 0) is 13.0 Å². The molecule has 21 heavy (non-hydrogen) atoms. The second-order valence-corrected chi connectivity index (χ2v) is 5.38. The Bertz CT molecular complexity index is 715. The van der Waals surface area contributed by atoms with Gasteiger partial charge >= 0.3 is 0 Å². The molecule has 3 rings (SSSR count). The summed E-state index contributed by atoms with van der Waals surface area (Å²) in [5, 5.41) is 4.80. The lowest BCUT2D eigenvalue weighted by molar-refractivity contribution is 0.446. The van der Waals surface area contributed by atoms with Gasteiger partial charge in [-0.2, -0.15) is 0 Å². The smallest absolute Gasteiger partial charge is 0.134 e. The fraction of sp³-hybridized carbons (Fsp3) is 0.263. The van der Waals surface area contributed by atoms with Crippen LogP contribution in [-0.4, -0.2) is 0 Å². The Kier molecular flexibility index (Phi) is 4.07. The highest BCUT2D eigenvalue weighted by Crippen LogP contribution is 2.30. The number of hydrogen-bond acceptors (Lipinski definition) is 2. The number of nitrogens with one attached hydrogen (secondary N) is 1. The monoisotopic (exact) mass is 279 g/mol. The average Bonchev–Trinajstić information content (AvgIpc) is 2.92. The van der Waals surface area contributed by atoms with Crippen molar-refractivity contribution >= 4 is 11.0 Å². The highest BCUT2D eigenvalue weighted by atomic mass is 16.3. The molecule has 0 amide bonds. The van der Waals surface area contributed by atoms with Gasteiger partial charge in [0.25, 0.3) is 0 Å². The minimum absolute atomic E-state index is 0.201. The molecule has 0 radical (unpaired) electrons. The van der Waals surface area contributed by atoms with Crippen LogP contribution in [0.1, 0.15) is 36.8 Å². The molecule has 3 aromatic rings. The van der Waals surface area contributed by atoms with Gasteiger partial charge in [0.15, 0.2) is 0 Å². The van der Waals surface area contributed by atoms with Crippen LogP contribution in [0, 0.1) is 0 Å². The van der Waals surface area contributed by atoms with Gasteiger partial charge in [0.2, 0.25) is 0 Å². The zero-order chi connectivity index (χ0) is 14.7. The molecule has 1 N–H and O–H groups in total. The topological polar surface area (TPSA) is 25.2 Å². The van der Waals surface area contributed by atoms with Gasteiger partial charge in [-0.25, -0.2) is 0 Å². The Labute approximate surface area is 125 Å². The van der Waals surface area contributed by atoms with E-state index in [2.05, 4.69) is 55.6 Å². The first-order valence-corrected chi connectivity index (χ1v) is 7.57. The lowest BCUT2D eigenvalue weighted by Gasteiger charge is -2.13. The van der Waals surface area contributed by atoms with Crippen molar-refractivity contribution in [3.8, 4) is 0 Å². The third-order valence-corrected chi connectivity index (χ3v) is 3.93. The number of rotatable bonds is 5. The van der Waals surface area contributed by atoms with Crippen molar-refractivity contribution in [2.45, 2.75) is 32.9 Å². The van der Waals surface area contributed by atoms with Gasteiger partial charge in [0.05, 0.1) is 6.04 Å². The zero-order valence-electron chi connectivity index (χ0n) is 12.6. The van der Waals surface area contributed by atoms with Crippen molar-refractivity contribution < 1.29 is 4.42 Å². The van der Waals surface area contributed by atoms with E-state index in [0.29, 0.717) is 0 Å². The summed E-state index contributed by atoms with van der Waals surface area (Å²) >= 11 is 0. The summed E-state index contributed by atoms with van der Waals surface area (Å²) in [6.45, 7) is 5.20. The van der Waals surface area contributed by atoms with Crippen LogP contribution >= 0.6 is 0 Å². The second kappa shape index (κ2) is 6.15. The molecule has 1 atom stereocenters. The Morgan fingerprint density at radius 1 is 1.00 bits per heavy atom. The maximum Gasteiger partial charge on any atom is 0.134 e. The van der Waals surface area contributed by atoms with Crippen LogP contribution in [0.5, 0.6) is 0 Å². The molecule has 0 aliphatic carbocycles.